The maximum absolute atomic E-state index is 5.81. The SMILES string of the molecule is CC[C@H]1CCCCN1Cc1cccc2c1OCCO2. The quantitative estimate of drug-likeness (QED) is 0.834. The van der Waals surface area contributed by atoms with Gasteiger partial charge in [-0.3, -0.25) is 4.90 Å². The molecular formula is C16H23NO2. The zero-order valence-electron chi connectivity index (χ0n) is 11.7. The highest BCUT2D eigenvalue weighted by Gasteiger charge is 2.23. The second kappa shape index (κ2) is 5.83. The van der Waals surface area contributed by atoms with Crippen LogP contribution in [0.1, 0.15) is 38.2 Å². The molecule has 2 heterocycles. The molecule has 19 heavy (non-hydrogen) atoms. The molecule has 0 unspecified atom stereocenters. The van der Waals surface area contributed by atoms with E-state index in [0.29, 0.717) is 13.2 Å². The fourth-order valence-electron chi connectivity index (χ4n) is 3.21. The molecule has 0 aliphatic carbocycles. The number of rotatable bonds is 3. The first-order valence-electron chi connectivity index (χ1n) is 7.50. The van der Waals surface area contributed by atoms with Crippen LogP contribution in [0.5, 0.6) is 11.5 Å². The van der Waals surface area contributed by atoms with E-state index in [-0.39, 0.29) is 0 Å². The Labute approximate surface area is 115 Å². The molecule has 3 nitrogen and oxygen atoms in total. The number of nitrogens with zero attached hydrogens (tertiary/aromatic N) is 1. The lowest BCUT2D eigenvalue weighted by atomic mass is 9.99. The van der Waals surface area contributed by atoms with Crippen LogP contribution in [-0.2, 0) is 6.54 Å². The number of fused-ring (bicyclic) bond motifs is 1. The van der Waals surface area contributed by atoms with Gasteiger partial charge >= 0.3 is 0 Å². The summed E-state index contributed by atoms with van der Waals surface area (Å²) in [7, 11) is 0. The number of piperidine rings is 1. The molecule has 1 aromatic rings. The Morgan fingerprint density at radius 2 is 2.11 bits per heavy atom. The fourth-order valence-corrected chi connectivity index (χ4v) is 3.21. The highest BCUT2D eigenvalue weighted by molar-refractivity contribution is 5.47. The van der Waals surface area contributed by atoms with Gasteiger partial charge in [-0.2, -0.15) is 0 Å². The van der Waals surface area contributed by atoms with Crippen LogP contribution in [-0.4, -0.2) is 30.7 Å². The minimum atomic E-state index is 0.664. The minimum Gasteiger partial charge on any atom is -0.486 e. The van der Waals surface area contributed by atoms with Crippen LogP contribution in [0, 0.1) is 0 Å². The van der Waals surface area contributed by atoms with Crippen LogP contribution in [0.2, 0.25) is 0 Å². The van der Waals surface area contributed by atoms with Gasteiger partial charge in [-0.1, -0.05) is 25.5 Å². The zero-order chi connectivity index (χ0) is 13.1. The molecule has 2 aliphatic heterocycles. The van der Waals surface area contributed by atoms with Crippen LogP contribution in [0.3, 0.4) is 0 Å². The first kappa shape index (κ1) is 12.8. The second-order valence-corrected chi connectivity index (χ2v) is 5.47. The van der Waals surface area contributed by atoms with Crippen LogP contribution in [0.15, 0.2) is 18.2 Å². The number of likely N-dealkylation sites (tertiary alicyclic amines) is 1. The highest BCUT2D eigenvalue weighted by Crippen LogP contribution is 2.35. The number of hydrogen-bond acceptors (Lipinski definition) is 3. The van der Waals surface area contributed by atoms with Gasteiger partial charge in [-0.25, -0.2) is 0 Å². The predicted octanol–water partition coefficient (Wildman–Crippen LogP) is 3.22. The Morgan fingerprint density at radius 3 is 3.00 bits per heavy atom. The van der Waals surface area contributed by atoms with E-state index < -0.39 is 0 Å². The third kappa shape index (κ3) is 2.71. The molecule has 0 amide bonds. The van der Waals surface area contributed by atoms with Gasteiger partial charge in [0.15, 0.2) is 11.5 Å². The topological polar surface area (TPSA) is 21.7 Å². The van der Waals surface area contributed by atoms with Crippen molar-refractivity contribution in [3.63, 3.8) is 0 Å². The largest absolute Gasteiger partial charge is 0.486 e. The average molecular weight is 261 g/mol. The molecule has 0 bridgehead atoms. The van der Waals surface area contributed by atoms with Gasteiger partial charge in [-0.15, -0.1) is 0 Å². The van der Waals surface area contributed by atoms with Crippen molar-refractivity contribution in [1.82, 2.24) is 4.90 Å². The van der Waals surface area contributed by atoms with Crippen molar-refractivity contribution in [2.75, 3.05) is 19.8 Å². The molecule has 3 heteroatoms. The Bertz CT molecular complexity index is 433. The van der Waals surface area contributed by atoms with Gasteiger partial charge < -0.3 is 9.47 Å². The van der Waals surface area contributed by atoms with Crippen molar-refractivity contribution in [2.24, 2.45) is 0 Å². The first-order valence-corrected chi connectivity index (χ1v) is 7.50. The Balaban J connectivity index is 1.78. The van der Waals surface area contributed by atoms with Gasteiger partial charge in [0.05, 0.1) is 0 Å². The van der Waals surface area contributed by atoms with E-state index in [0.717, 1.165) is 24.1 Å². The number of hydrogen-bond donors (Lipinski definition) is 0. The molecule has 1 atom stereocenters. The molecule has 0 spiro atoms. The molecule has 1 aromatic carbocycles. The molecule has 0 radical (unpaired) electrons. The van der Waals surface area contributed by atoms with Gasteiger partial charge in [-0.05, 0) is 31.9 Å². The lowest BCUT2D eigenvalue weighted by Crippen LogP contribution is -2.38. The van der Waals surface area contributed by atoms with Crippen LogP contribution < -0.4 is 9.47 Å². The van der Waals surface area contributed by atoms with E-state index in [1.54, 1.807) is 0 Å². The smallest absolute Gasteiger partial charge is 0.165 e. The summed E-state index contributed by atoms with van der Waals surface area (Å²) >= 11 is 0. The van der Waals surface area contributed by atoms with Crippen molar-refractivity contribution >= 4 is 0 Å². The second-order valence-electron chi connectivity index (χ2n) is 5.47. The summed E-state index contributed by atoms with van der Waals surface area (Å²) in [6, 6.07) is 6.99. The standard InChI is InChI=1S/C16H23NO2/c1-2-14-7-3-4-9-17(14)12-13-6-5-8-15-16(13)19-11-10-18-15/h5-6,8,14H,2-4,7,9-12H2,1H3/t14-/m0/s1. The summed E-state index contributed by atoms with van der Waals surface area (Å²) in [6.45, 7) is 5.83. The Hall–Kier alpha value is -1.22. The van der Waals surface area contributed by atoms with E-state index in [1.807, 2.05) is 6.07 Å². The summed E-state index contributed by atoms with van der Waals surface area (Å²) in [5.41, 5.74) is 1.28. The summed E-state index contributed by atoms with van der Waals surface area (Å²) in [5.74, 6) is 1.88. The Kier molecular flexibility index (Phi) is 3.92. The number of benzene rings is 1. The molecule has 0 saturated carbocycles. The van der Waals surface area contributed by atoms with Gasteiger partial charge in [0.1, 0.15) is 13.2 Å². The van der Waals surface area contributed by atoms with E-state index in [9.17, 15) is 0 Å². The summed E-state index contributed by atoms with van der Waals surface area (Å²) in [4.78, 5) is 2.61. The normalized spacial score (nSPS) is 23.3. The average Bonchev–Trinajstić information content (AvgIpc) is 2.48. The number of para-hydroxylation sites is 1. The van der Waals surface area contributed by atoms with Gasteiger partial charge in [0.2, 0.25) is 0 Å². The third-order valence-electron chi connectivity index (χ3n) is 4.24. The van der Waals surface area contributed by atoms with E-state index in [1.165, 1.54) is 37.8 Å². The summed E-state index contributed by atoms with van der Waals surface area (Å²) < 4.78 is 11.5. The molecule has 1 saturated heterocycles. The third-order valence-corrected chi connectivity index (χ3v) is 4.24. The molecule has 0 aromatic heterocycles. The van der Waals surface area contributed by atoms with Gasteiger partial charge in [0.25, 0.3) is 0 Å². The summed E-state index contributed by atoms with van der Waals surface area (Å²) in [5, 5.41) is 0. The highest BCUT2D eigenvalue weighted by atomic mass is 16.6. The lowest BCUT2D eigenvalue weighted by Gasteiger charge is -2.35. The monoisotopic (exact) mass is 261 g/mol. The first-order chi connectivity index (χ1) is 9.38. The van der Waals surface area contributed by atoms with Crippen LogP contribution in [0.4, 0.5) is 0 Å². The molecule has 2 aliphatic rings. The molecule has 1 fully saturated rings. The van der Waals surface area contributed by atoms with E-state index >= 15 is 0 Å². The molecule has 3 rings (SSSR count). The maximum atomic E-state index is 5.81. The van der Waals surface area contributed by atoms with Gasteiger partial charge in [0, 0.05) is 18.2 Å². The zero-order valence-corrected chi connectivity index (χ0v) is 11.7. The minimum absolute atomic E-state index is 0.664. The van der Waals surface area contributed by atoms with E-state index in [4.69, 9.17) is 9.47 Å². The van der Waals surface area contributed by atoms with Crippen LogP contribution >= 0.6 is 0 Å². The van der Waals surface area contributed by atoms with Crippen LogP contribution in [0.25, 0.3) is 0 Å². The molecular weight excluding hydrogens is 238 g/mol. The summed E-state index contributed by atoms with van der Waals surface area (Å²) in [6.07, 6.45) is 5.28. The Morgan fingerprint density at radius 1 is 1.21 bits per heavy atom. The fraction of sp³-hybridized carbons (Fsp3) is 0.625. The van der Waals surface area contributed by atoms with E-state index in [2.05, 4.69) is 24.0 Å². The predicted molar refractivity (Wildman–Crippen MR) is 75.8 cm³/mol. The van der Waals surface area contributed by atoms with Crippen molar-refractivity contribution in [2.45, 2.75) is 45.2 Å². The van der Waals surface area contributed by atoms with Crippen molar-refractivity contribution < 1.29 is 9.47 Å². The van der Waals surface area contributed by atoms with Crippen molar-refractivity contribution in [3.05, 3.63) is 23.8 Å². The molecule has 0 N–H and O–H groups in total. The molecule has 104 valence electrons. The maximum Gasteiger partial charge on any atom is 0.165 e. The van der Waals surface area contributed by atoms with Crippen molar-refractivity contribution in [3.8, 4) is 11.5 Å². The van der Waals surface area contributed by atoms with Crippen molar-refractivity contribution in [1.29, 1.82) is 0 Å². The number of ether oxygens (including phenoxy) is 2. The lowest BCUT2D eigenvalue weighted by molar-refractivity contribution is 0.129.